The van der Waals surface area contributed by atoms with E-state index in [0.717, 1.165) is 6.42 Å². The molecule has 1 atom stereocenters. The molecule has 0 spiro atoms. The standard InChI is InChI=1S/C20H22N2O4S/c1-15(23)16-10-12-18(13-11-16)27(25,26)22-14-6-5-9-19(22)20(24)21-17-7-3-2-4-8-17/h2-4,7-8,10-13,19H,5-6,9,14H2,1H3,(H,21,24). The van der Waals surface area contributed by atoms with Gasteiger partial charge in [-0.2, -0.15) is 4.31 Å². The van der Waals surface area contributed by atoms with Crippen molar-refractivity contribution in [1.82, 2.24) is 4.31 Å². The lowest BCUT2D eigenvalue weighted by atomic mass is 10.0. The molecule has 1 N–H and O–H groups in total. The van der Waals surface area contributed by atoms with Gasteiger partial charge in [0.05, 0.1) is 4.90 Å². The van der Waals surface area contributed by atoms with Crippen molar-refractivity contribution < 1.29 is 18.0 Å². The molecule has 1 heterocycles. The Labute approximate surface area is 159 Å². The number of hydrogen-bond acceptors (Lipinski definition) is 4. The van der Waals surface area contributed by atoms with Crippen LogP contribution in [-0.2, 0) is 14.8 Å². The van der Waals surface area contributed by atoms with Gasteiger partial charge in [-0.05, 0) is 44.0 Å². The predicted octanol–water partition coefficient (Wildman–Crippen LogP) is 3.07. The van der Waals surface area contributed by atoms with Crippen molar-refractivity contribution in [2.24, 2.45) is 0 Å². The largest absolute Gasteiger partial charge is 0.325 e. The average Bonchev–Trinajstić information content (AvgIpc) is 2.69. The molecule has 1 aliphatic heterocycles. The van der Waals surface area contributed by atoms with Gasteiger partial charge in [0, 0.05) is 17.8 Å². The van der Waals surface area contributed by atoms with Crippen LogP contribution >= 0.6 is 0 Å². The van der Waals surface area contributed by atoms with Crippen molar-refractivity contribution in [3.63, 3.8) is 0 Å². The van der Waals surface area contributed by atoms with E-state index in [1.807, 2.05) is 18.2 Å². The summed E-state index contributed by atoms with van der Waals surface area (Å²) in [5, 5.41) is 2.80. The first-order valence-electron chi connectivity index (χ1n) is 8.88. The Bertz CT molecular complexity index is 924. The van der Waals surface area contributed by atoms with E-state index in [-0.39, 0.29) is 16.6 Å². The van der Waals surface area contributed by atoms with Crippen LogP contribution in [0.4, 0.5) is 5.69 Å². The number of para-hydroxylation sites is 1. The highest BCUT2D eigenvalue weighted by Gasteiger charge is 2.37. The molecule has 2 aromatic carbocycles. The zero-order chi connectivity index (χ0) is 19.4. The summed E-state index contributed by atoms with van der Waals surface area (Å²) in [7, 11) is -3.83. The summed E-state index contributed by atoms with van der Waals surface area (Å²) in [6, 6.07) is 14.1. The number of hydrogen-bond donors (Lipinski definition) is 1. The number of rotatable bonds is 5. The summed E-state index contributed by atoms with van der Waals surface area (Å²) in [5.74, 6) is -0.457. The Hall–Kier alpha value is -2.51. The number of ketones is 1. The van der Waals surface area contributed by atoms with Crippen molar-refractivity contribution in [3.05, 3.63) is 60.2 Å². The molecule has 0 bridgehead atoms. The Balaban J connectivity index is 1.85. The van der Waals surface area contributed by atoms with Gasteiger partial charge in [0.25, 0.3) is 0 Å². The second-order valence-corrected chi connectivity index (χ2v) is 8.45. The Morgan fingerprint density at radius 2 is 1.67 bits per heavy atom. The van der Waals surface area contributed by atoms with Gasteiger partial charge in [0.2, 0.25) is 15.9 Å². The van der Waals surface area contributed by atoms with Crippen molar-refractivity contribution in [1.29, 1.82) is 0 Å². The normalized spacial score (nSPS) is 18.0. The van der Waals surface area contributed by atoms with Crippen molar-refractivity contribution in [2.75, 3.05) is 11.9 Å². The number of sulfonamides is 1. The van der Waals surface area contributed by atoms with Gasteiger partial charge in [-0.25, -0.2) is 8.42 Å². The molecule has 1 amide bonds. The highest BCUT2D eigenvalue weighted by molar-refractivity contribution is 7.89. The number of piperidine rings is 1. The fourth-order valence-electron chi connectivity index (χ4n) is 3.20. The maximum atomic E-state index is 13.1. The molecule has 7 heteroatoms. The molecule has 1 aliphatic rings. The summed E-state index contributed by atoms with van der Waals surface area (Å²) in [5.41, 5.74) is 1.09. The fourth-order valence-corrected chi connectivity index (χ4v) is 4.86. The predicted molar refractivity (Wildman–Crippen MR) is 103 cm³/mol. The van der Waals surface area contributed by atoms with Crippen molar-refractivity contribution >= 4 is 27.4 Å². The van der Waals surface area contributed by atoms with Crippen LogP contribution in [0.1, 0.15) is 36.5 Å². The summed E-state index contributed by atoms with van der Waals surface area (Å²) >= 11 is 0. The number of carbonyl (C=O) groups is 2. The third-order valence-electron chi connectivity index (χ3n) is 4.67. The van der Waals surface area contributed by atoms with E-state index < -0.39 is 16.1 Å². The first kappa shape index (κ1) is 19.3. The Kier molecular flexibility index (Phi) is 5.72. The van der Waals surface area contributed by atoms with E-state index in [0.29, 0.717) is 30.6 Å². The highest BCUT2D eigenvalue weighted by atomic mass is 32.2. The molecular weight excluding hydrogens is 364 g/mol. The minimum Gasteiger partial charge on any atom is -0.325 e. The van der Waals surface area contributed by atoms with Crippen LogP contribution in [0.2, 0.25) is 0 Å². The van der Waals surface area contributed by atoms with Gasteiger partial charge in [0.15, 0.2) is 5.78 Å². The number of nitrogens with one attached hydrogen (secondary N) is 1. The quantitative estimate of drug-likeness (QED) is 0.801. The summed E-state index contributed by atoms with van der Waals surface area (Å²) < 4.78 is 27.5. The van der Waals surface area contributed by atoms with Crippen LogP contribution in [-0.4, -0.2) is 37.0 Å². The second-order valence-electron chi connectivity index (χ2n) is 6.56. The molecule has 0 radical (unpaired) electrons. The number of Topliss-reactive ketones (excluding diaryl/α,β-unsaturated/α-hetero) is 1. The van der Waals surface area contributed by atoms with Gasteiger partial charge in [-0.15, -0.1) is 0 Å². The topological polar surface area (TPSA) is 83.6 Å². The molecule has 2 aromatic rings. The SMILES string of the molecule is CC(=O)c1ccc(S(=O)(=O)N2CCCCC2C(=O)Nc2ccccc2)cc1. The van der Waals surface area contributed by atoms with Gasteiger partial charge in [-0.3, -0.25) is 9.59 Å². The van der Waals surface area contributed by atoms with Crippen LogP contribution in [0.15, 0.2) is 59.5 Å². The maximum Gasteiger partial charge on any atom is 0.243 e. The van der Waals surface area contributed by atoms with E-state index in [9.17, 15) is 18.0 Å². The number of amides is 1. The zero-order valence-corrected chi connectivity index (χ0v) is 15.9. The zero-order valence-electron chi connectivity index (χ0n) is 15.1. The first-order valence-corrected chi connectivity index (χ1v) is 10.3. The van der Waals surface area contributed by atoms with E-state index >= 15 is 0 Å². The molecule has 0 aromatic heterocycles. The lowest BCUT2D eigenvalue weighted by molar-refractivity contribution is -0.120. The molecule has 1 saturated heterocycles. The van der Waals surface area contributed by atoms with Crippen LogP contribution < -0.4 is 5.32 Å². The van der Waals surface area contributed by atoms with Crippen molar-refractivity contribution in [3.8, 4) is 0 Å². The van der Waals surface area contributed by atoms with E-state index in [1.54, 1.807) is 12.1 Å². The van der Waals surface area contributed by atoms with Gasteiger partial charge in [-0.1, -0.05) is 36.8 Å². The minimum atomic E-state index is -3.83. The molecule has 1 fully saturated rings. The molecule has 3 rings (SSSR count). The van der Waals surface area contributed by atoms with Crippen LogP contribution in [0.25, 0.3) is 0 Å². The number of benzene rings is 2. The third kappa shape index (κ3) is 4.26. The summed E-state index contributed by atoms with van der Waals surface area (Å²) in [6.07, 6.45) is 1.98. The number of carbonyl (C=O) groups excluding carboxylic acids is 2. The van der Waals surface area contributed by atoms with Gasteiger partial charge in [0.1, 0.15) is 6.04 Å². The Morgan fingerprint density at radius 3 is 2.30 bits per heavy atom. The monoisotopic (exact) mass is 386 g/mol. The summed E-state index contributed by atoms with van der Waals surface area (Å²) in [4.78, 5) is 24.2. The molecule has 27 heavy (non-hydrogen) atoms. The van der Waals surface area contributed by atoms with Gasteiger partial charge < -0.3 is 5.32 Å². The highest BCUT2D eigenvalue weighted by Crippen LogP contribution is 2.26. The molecule has 1 unspecified atom stereocenters. The number of nitrogens with zero attached hydrogens (tertiary/aromatic N) is 1. The second kappa shape index (κ2) is 8.02. The molecule has 142 valence electrons. The fraction of sp³-hybridized carbons (Fsp3) is 0.300. The lowest BCUT2D eigenvalue weighted by Gasteiger charge is -2.33. The van der Waals surface area contributed by atoms with Crippen LogP contribution in [0.3, 0.4) is 0 Å². The first-order chi connectivity index (χ1) is 12.9. The van der Waals surface area contributed by atoms with Crippen LogP contribution in [0.5, 0.6) is 0 Å². The molecular formula is C20H22N2O4S. The third-order valence-corrected chi connectivity index (χ3v) is 6.59. The lowest BCUT2D eigenvalue weighted by Crippen LogP contribution is -2.49. The van der Waals surface area contributed by atoms with E-state index in [2.05, 4.69) is 5.32 Å². The molecule has 0 saturated carbocycles. The average molecular weight is 386 g/mol. The Morgan fingerprint density at radius 1 is 1.00 bits per heavy atom. The van der Waals surface area contributed by atoms with E-state index in [4.69, 9.17) is 0 Å². The van der Waals surface area contributed by atoms with E-state index in [1.165, 1.54) is 35.5 Å². The van der Waals surface area contributed by atoms with Crippen molar-refractivity contribution in [2.45, 2.75) is 37.1 Å². The van der Waals surface area contributed by atoms with Crippen LogP contribution in [0, 0.1) is 0 Å². The molecule has 0 aliphatic carbocycles. The molecule has 6 nitrogen and oxygen atoms in total. The number of anilines is 1. The summed E-state index contributed by atoms with van der Waals surface area (Å²) in [6.45, 7) is 1.72. The smallest absolute Gasteiger partial charge is 0.243 e. The maximum absolute atomic E-state index is 13.1. The van der Waals surface area contributed by atoms with Gasteiger partial charge >= 0.3 is 0 Å². The minimum absolute atomic E-state index is 0.0897.